The van der Waals surface area contributed by atoms with Crippen molar-refractivity contribution in [2.24, 2.45) is 11.8 Å². The minimum absolute atomic E-state index is 0.249. The number of ether oxygens (including phenoxy) is 1. The maximum Gasteiger partial charge on any atom is 0.315 e. The number of hydrogen-bond donors (Lipinski definition) is 2. The quantitative estimate of drug-likeness (QED) is 0.387. The van der Waals surface area contributed by atoms with Crippen LogP contribution in [0.5, 0.6) is 0 Å². The summed E-state index contributed by atoms with van der Waals surface area (Å²) in [7, 11) is 1.01. The summed E-state index contributed by atoms with van der Waals surface area (Å²) in [5, 5.41) is 9.79. The van der Waals surface area contributed by atoms with E-state index < -0.39 is 29.6 Å². The number of aryl methyl sites for hydroxylation is 2. The Balaban J connectivity index is 1.28. The number of pyridine rings is 1. The molecule has 2 fully saturated rings. The topological polar surface area (TPSA) is 132 Å². The number of nitrogens with one attached hydrogen (secondary N) is 2. The third kappa shape index (κ3) is 5.32. The molecule has 12 heteroatoms. The summed E-state index contributed by atoms with van der Waals surface area (Å²) in [6, 6.07) is 5.13. The summed E-state index contributed by atoms with van der Waals surface area (Å²) < 4.78 is 37.9. The van der Waals surface area contributed by atoms with Crippen molar-refractivity contribution in [2.45, 2.75) is 64.3 Å². The van der Waals surface area contributed by atoms with Crippen molar-refractivity contribution in [3.05, 3.63) is 47.0 Å². The largest absolute Gasteiger partial charge is 0.469 e. The minimum Gasteiger partial charge on any atom is -0.469 e. The molecule has 2 saturated carbocycles. The molecule has 0 radical (unpaired) electrons. The number of carbonyl (C=O) groups is 2. The summed E-state index contributed by atoms with van der Waals surface area (Å²) in [5.41, 5.74) is 3.58. The van der Waals surface area contributed by atoms with Crippen molar-refractivity contribution >= 4 is 23.5 Å². The van der Waals surface area contributed by atoms with Crippen molar-refractivity contribution in [3.8, 4) is 11.5 Å². The van der Waals surface area contributed by atoms with Gasteiger partial charge in [-0.05, 0) is 44.9 Å². The number of methoxy groups -OCH3 is 1. The number of amides is 1. The molecule has 0 aromatic carbocycles. The van der Waals surface area contributed by atoms with Crippen LogP contribution in [-0.4, -0.2) is 45.0 Å². The Hall–Kier alpha value is -3.96. The zero-order valence-corrected chi connectivity index (χ0v) is 22.0. The Kier molecular flexibility index (Phi) is 7.28. The second kappa shape index (κ2) is 10.7. The van der Waals surface area contributed by atoms with Crippen LogP contribution in [0.25, 0.3) is 11.5 Å². The van der Waals surface area contributed by atoms with Gasteiger partial charge < -0.3 is 19.9 Å². The standard InChI is InChI=1S/C27H30F2N6O4/c1-14-17(13-31-26-30-12-11-19(34-26)16-7-5-4-6-8-16)23(39-35-14)20-10-9-18(15(2)32-20)33-24(36)21-22(25(37)38-3)27(21,28)29/h9-12,16,21-22H,4-8,13H2,1-3H3,(H,33,36)(H,30,31,34). The number of hydrogen-bond acceptors (Lipinski definition) is 9. The highest BCUT2D eigenvalue weighted by molar-refractivity contribution is 6.00. The molecular formula is C27H30F2N6O4. The van der Waals surface area contributed by atoms with E-state index in [1.54, 1.807) is 25.3 Å². The van der Waals surface area contributed by atoms with E-state index in [0.29, 0.717) is 41.3 Å². The fourth-order valence-corrected chi connectivity index (χ4v) is 5.15. The van der Waals surface area contributed by atoms with Crippen LogP contribution < -0.4 is 10.6 Å². The fraction of sp³-hybridized carbons (Fsp3) is 0.481. The molecule has 2 atom stereocenters. The lowest BCUT2D eigenvalue weighted by Gasteiger charge is -2.21. The number of rotatable bonds is 8. The number of carbonyl (C=O) groups excluding carboxylic acids is 2. The summed E-state index contributed by atoms with van der Waals surface area (Å²) >= 11 is 0. The van der Waals surface area contributed by atoms with E-state index in [0.717, 1.165) is 31.2 Å². The van der Waals surface area contributed by atoms with E-state index in [-0.39, 0.29) is 5.69 Å². The van der Waals surface area contributed by atoms with Gasteiger partial charge in [0, 0.05) is 29.9 Å². The van der Waals surface area contributed by atoms with Gasteiger partial charge in [0.25, 0.3) is 5.92 Å². The van der Waals surface area contributed by atoms with E-state index in [1.165, 1.54) is 19.3 Å². The van der Waals surface area contributed by atoms with Crippen LogP contribution in [0, 0.1) is 25.7 Å². The summed E-state index contributed by atoms with van der Waals surface area (Å²) in [6.45, 7) is 3.80. The number of halogens is 2. The third-order valence-electron chi connectivity index (χ3n) is 7.48. The monoisotopic (exact) mass is 540 g/mol. The maximum atomic E-state index is 14.0. The average molecular weight is 541 g/mol. The highest BCUT2D eigenvalue weighted by atomic mass is 19.3. The molecule has 1 amide bonds. The van der Waals surface area contributed by atoms with Crippen LogP contribution in [0.2, 0.25) is 0 Å². The molecule has 2 N–H and O–H groups in total. The Morgan fingerprint density at radius 3 is 2.56 bits per heavy atom. The lowest BCUT2D eigenvalue weighted by molar-refractivity contribution is -0.144. The Bertz CT molecular complexity index is 1390. The summed E-state index contributed by atoms with van der Waals surface area (Å²) in [4.78, 5) is 37.6. The van der Waals surface area contributed by atoms with Gasteiger partial charge in [-0.15, -0.1) is 0 Å². The molecule has 5 rings (SSSR count). The maximum absolute atomic E-state index is 14.0. The van der Waals surface area contributed by atoms with Crippen molar-refractivity contribution in [2.75, 3.05) is 17.7 Å². The Morgan fingerprint density at radius 1 is 1.08 bits per heavy atom. The molecule has 3 aromatic rings. The van der Waals surface area contributed by atoms with Crippen LogP contribution in [0.4, 0.5) is 20.4 Å². The number of esters is 1. The van der Waals surface area contributed by atoms with Crippen LogP contribution in [0.1, 0.15) is 60.7 Å². The van der Waals surface area contributed by atoms with Gasteiger partial charge in [-0.25, -0.2) is 23.7 Å². The molecule has 0 saturated heterocycles. The second-order valence-corrected chi connectivity index (χ2v) is 10.0. The average Bonchev–Trinajstić information content (AvgIpc) is 3.34. The van der Waals surface area contributed by atoms with E-state index in [4.69, 9.17) is 9.51 Å². The van der Waals surface area contributed by atoms with Gasteiger partial charge in [0.1, 0.15) is 17.5 Å². The molecular weight excluding hydrogens is 510 g/mol. The zero-order chi connectivity index (χ0) is 27.7. The fourth-order valence-electron chi connectivity index (χ4n) is 5.15. The molecule has 206 valence electrons. The highest BCUT2D eigenvalue weighted by Gasteiger charge is 2.76. The van der Waals surface area contributed by atoms with E-state index >= 15 is 0 Å². The van der Waals surface area contributed by atoms with E-state index in [1.807, 2.05) is 13.0 Å². The lowest BCUT2D eigenvalue weighted by atomic mass is 9.87. The third-order valence-corrected chi connectivity index (χ3v) is 7.48. The van der Waals surface area contributed by atoms with Gasteiger partial charge in [0.15, 0.2) is 5.76 Å². The Labute approximate surface area is 223 Å². The first-order valence-electron chi connectivity index (χ1n) is 13.0. The van der Waals surface area contributed by atoms with Crippen molar-refractivity contribution in [1.82, 2.24) is 20.1 Å². The zero-order valence-electron chi connectivity index (χ0n) is 22.0. The van der Waals surface area contributed by atoms with Gasteiger partial charge in [0.05, 0.1) is 24.2 Å². The minimum atomic E-state index is -3.45. The first-order valence-corrected chi connectivity index (χ1v) is 13.0. The van der Waals surface area contributed by atoms with Gasteiger partial charge >= 0.3 is 5.97 Å². The molecule has 10 nitrogen and oxygen atoms in total. The molecule has 0 bridgehead atoms. The number of nitrogens with zero attached hydrogens (tertiary/aromatic N) is 4. The highest BCUT2D eigenvalue weighted by Crippen LogP contribution is 2.56. The number of alkyl halides is 2. The van der Waals surface area contributed by atoms with E-state index in [9.17, 15) is 18.4 Å². The SMILES string of the molecule is COC(=O)C1C(C(=O)Nc2ccc(-c3onc(C)c3CNc3nccc(C4CCCCC4)n3)nc2C)C1(F)F. The smallest absolute Gasteiger partial charge is 0.315 e. The second-order valence-electron chi connectivity index (χ2n) is 10.0. The predicted octanol–water partition coefficient (Wildman–Crippen LogP) is 4.80. The number of aromatic nitrogens is 4. The normalized spacial score (nSPS) is 20.3. The van der Waals surface area contributed by atoms with Gasteiger partial charge in [-0.2, -0.15) is 0 Å². The van der Waals surface area contributed by atoms with Crippen molar-refractivity contribution in [1.29, 1.82) is 0 Å². The molecule has 2 unspecified atom stereocenters. The van der Waals surface area contributed by atoms with Crippen LogP contribution in [0.3, 0.4) is 0 Å². The molecule has 3 heterocycles. The van der Waals surface area contributed by atoms with E-state index in [2.05, 4.69) is 30.5 Å². The first-order chi connectivity index (χ1) is 18.7. The molecule has 2 aliphatic rings. The molecule has 2 aliphatic carbocycles. The van der Waals surface area contributed by atoms with Crippen molar-refractivity contribution < 1.29 is 27.6 Å². The number of anilines is 2. The molecule has 0 spiro atoms. The lowest BCUT2D eigenvalue weighted by Crippen LogP contribution is -2.19. The van der Waals surface area contributed by atoms with Crippen LogP contribution >= 0.6 is 0 Å². The van der Waals surface area contributed by atoms with Gasteiger partial charge in [0.2, 0.25) is 11.9 Å². The van der Waals surface area contributed by atoms with Gasteiger partial charge in [-0.3, -0.25) is 9.59 Å². The predicted molar refractivity (Wildman–Crippen MR) is 137 cm³/mol. The summed E-state index contributed by atoms with van der Waals surface area (Å²) in [6.07, 6.45) is 7.76. The summed E-state index contributed by atoms with van der Waals surface area (Å²) in [5.74, 6) is -7.68. The van der Waals surface area contributed by atoms with Crippen molar-refractivity contribution in [3.63, 3.8) is 0 Å². The van der Waals surface area contributed by atoms with Crippen LogP contribution in [-0.2, 0) is 20.9 Å². The molecule has 3 aromatic heterocycles. The first kappa shape index (κ1) is 26.6. The van der Waals surface area contributed by atoms with Crippen LogP contribution in [0.15, 0.2) is 28.9 Å². The van der Waals surface area contributed by atoms with Gasteiger partial charge in [-0.1, -0.05) is 24.4 Å². The Morgan fingerprint density at radius 2 is 1.85 bits per heavy atom. The molecule has 39 heavy (non-hydrogen) atoms. The molecule has 0 aliphatic heterocycles.